The van der Waals surface area contributed by atoms with E-state index in [-0.39, 0.29) is 12.4 Å². The van der Waals surface area contributed by atoms with E-state index in [4.69, 9.17) is 4.42 Å². The van der Waals surface area contributed by atoms with Crippen LogP contribution >= 0.6 is 0 Å². The molecule has 4 heteroatoms. The standard InChI is InChI=1S/C17H16N2O.ClH/c1-2-6-15(7-3-1)17-9-8-16(20-17)13-19-12-14-5-4-10-18-11-14;/h1-11,19H,12-13H2;1H/p-1. The van der Waals surface area contributed by atoms with Gasteiger partial charge in [0, 0.05) is 24.5 Å². The number of hydrogen-bond donors (Lipinski definition) is 1. The second-order valence-electron chi connectivity index (χ2n) is 4.60. The predicted molar refractivity (Wildman–Crippen MR) is 78.9 cm³/mol. The van der Waals surface area contributed by atoms with Gasteiger partial charge in [-0.05, 0) is 23.8 Å². The monoisotopic (exact) mass is 299 g/mol. The number of nitrogens with one attached hydrogen (secondary N) is 1. The van der Waals surface area contributed by atoms with Gasteiger partial charge in [-0.15, -0.1) is 0 Å². The van der Waals surface area contributed by atoms with Gasteiger partial charge in [0.15, 0.2) is 0 Å². The zero-order valence-corrected chi connectivity index (χ0v) is 12.3. The molecule has 0 atom stereocenters. The number of nitrogens with zero attached hydrogens (tertiary/aromatic N) is 1. The molecule has 3 rings (SSSR count). The Kier molecular flexibility index (Phi) is 5.55. The lowest BCUT2D eigenvalue weighted by Crippen LogP contribution is -3.00. The van der Waals surface area contributed by atoms with Crippen molar-refractivity contribution in [3.05, 3.63) is 78.3 Å². The number of hydrogen-bond acceptors (Lipinski definition) is 3. The van der Waals surface area contributed by atoms with Crippen LogP contribution in [-0.2, 0) is 13.1 Å². The molecule has 0 radical (unpaired) electrons. The first kappa shape index (κ1) is 15.3. The van der Waals surface area contributed by atoms with Gasteiger partial charge < -0.3 is 22.1 Å². The molecule has 0 aliphatic carbocycles. The van der Waals surface area contributed by atoms with Crippen molar-refractivity contribution in [3.63, 3.8) is 0 Å². The van der Waals surface area contributed by atoms with E-state index >= 15 is 0 Å². The number of halogens is 1. The van der Waals surface area contributed by atoms with Crippen molar-refractivity contribution >= 4 is 0 Å². The summed E-state index contributed by atoms with van der Waals surface area (Å²) in [7, 11) is 0. The molecule has 0 bridgehead atoms. The molecule has 0 spiro atoms. The van der Waals surface area contributed by atoms with Gasteiger partial charge in [-0.2, -0.15) is 0 Å². The largest absolute Gasteiger partial charge is 1.00 e. The molecule has 0 fully saturated rings. The summed E-state index contributed by atoms with van der Waals surface area (Å²) in [6.45, 7) is 1.50. The van der Waals surface area contributed by atoms with Crippen molar-refractivity contribution in [1.29, 1.82) is 0 Å². The average Bonchev–Trinajstić information content (AvgIpc) is 2.98. The zero-order chi connectivity index (χ0) is 13.6. The van der Waals surface area contributed by atoms with Crippen LogP contribution in [0.4, 0.5) is 0 Å². The molecule has 0 aliphatic rings. The Morgan fingerprint density at radius 3 is 2.52 bits per heavy atom. The predicted octanol–water partition coefficient (Wildman–Crippen LogP) is 0.635. The molecule has 1 aromatic carbocycles. The highest BCUT2D eigenvalue weighted by molar-refractivity contribution is 5.57. The molecule has 0 saturated heterocycles. The summed E-state index contributed by atoms with van der Waals surface area (Å²) in [5, 5.41) is 3.35. The smallest absolute Gasteiger partial charge is 0.134 e. The van der Waals surface area contributed by atoms with Crippen molar-refractivity contribution in [2.45, 2.75) is 13.1 Å². The first-order valence-corrected chi connectivity index (χ1v) is 6.65. The van der Waals surface area contributed by atoms with Crippen LogP contribution in [0.15, 0.2) is 71.4 Å². The van der Waals surface area contributed by atoms with Crippen LogP contribution in [0.1, 0.15) is 11.3 Å². The number of furan rings is 1. The summed E-state index contributed by atoms with van der Waals surface area (Å²) in [6, 6.07) is 18.1. The summed E-state index contributed by atoms with van der Waals surface area (Å²) in [5.41, 5.74) is 2.27. The fraction of sp³-hybridized carbons (Fsp3) is 0.118. The maximum absolute atomic E-state index is 5.83. The third kappa shape index (κ3) is 4.18. The second-order valence-corrected chi connectivity index (χ2v) is 4.60. The van der Waals surface area contributed by atoms with Gasteiger partial charge in [0.1, 0.15) is 11.5 Å². The van der Waals surface area contributed by atoms with E-state index in [1.54, 1.807) is 6.20 Å². The summed E-state index contributed by atoms with van der Waals surface area (Å²) in [6.07, 6.45) is 3.65. The third-order valence-corrected chi connectivity index (χ3v) is 3.07. The highest BCUT2D eigenvalue weighted by Crippen LogP contribution is 2.21. The molecule has 3 aromatic rings. The van der Waals surface area contributed by atoms with Crippen LogP contribution in [0.3, 0.4) is 0 Å². The highest BCUT2D eigenvalue weighted by Gasteiger charge is 2.03. The van der Waals surface area contributed by atoms with Gasteiger partial charge in [-0.25, -0.2) is 0 Å². The van der Waals surface area contributed by atoms with Gasteiger partial charge in [-0.3, -0.25) is 4.98 Å². The first-order chi connectivity index (χ1) is 9.92. The normalized spacial score (nSPS) is 10.1. The maximum atomic E-state index is 5.83. The molecule has 21 heavy (non-hydrogen) atoms. The van der Waals surface area contributed by atoms with E-state index in [0.717, 1.165) is 23.6 Å². The fourth-order valence-corrected chi connectivity index (χ4v) is 2.06. The van der Waals surface area contributed by atoms with E-state index in [9.17, 15) is 0 Å². The Morgan fingerprint density at radius 2 is 1.76 bits per heavy atom. The van der Waals surface area contributed by atoms with E-state index < -0.39 is 0 Å². The zero-order valence-electron chi connectivity index (χ0n) is 11.5. The minimum atomic E-state index is 0. The summed E-state index contributed by atoms with van der Waals surface area (Å²) >= 11 is 0. The Labute approximate surface area is 130 Å². The number of pyridine rings is 1. The van der Waals surface area contributed by atoms with Crippen LogP contribution < -0.4 is 17.7 Å². The minimum Gasteiger partial charge on any atom is -1.00 e. The summed E-state index contributed by atoms with van der Waals surface area (Å²) in [4.78, 5) is 4.09. The van der Waals surface area contributed by atoms with Crippen LogP contribution in [0.2, 0.25) is 0 Å². The fourth-order valence-electron chi connectivity index (χ4n) is 2.06. The molecule has 108 valence electrons. The summed E-state index contributed by atoms with van der Waals surface area (Å²) in [5.74, 6) is 1.84. The molecule has 0 unspecified atom stereocenters. The van der Waals surface area contributed by atoms with Crippen LogP contribution in [-0.4, -0.2) is 4.98 Å². The van der Waals surface area contributed by atoms with Crippen molar-refractivity contribution in [1.82, 2.24) is 10.3 Å². The average molecular weight is 300 g/mol. The van der Waals surface area contributed by atoms with E-state index in [0.29, 0.717) is 6.54 Å². The van der Waals surface area contributed by atoms with Gasteiger partial charge in [0.25, 0.3) is 0 Å². The SMILES string of the molecule is [Cl-].c1ccc(-c2ccc(CNCc3cccnc3)o2)cc1. The second kappa shape index (κ2) is 7.62. The Bertz CT molecular complexity index is 653. The molecule has 2 heterocycles. The van der Waals surface area contributed by atoms with E-state index in [1.807, 2.05) is 54.7 Å². The number of benzene rings is 1. The number of aromatic nitrogens is 1. The molecular weight excluding hydrogens is 284 g/mol. The lowest BCUT2D eigenvalue weighted by molar-refractivity contribution is -0.00000464. The summed E-state index contributed by atoms with van der Waals surface area (Å²) < 4.78 is 5.83. The van der Waals surface area contributed by atoms with Gasteiger partial charge in [0.05, 0.1) is 6.54 Å². The number of rotatable bonds is 5. The quantitative estimate of drug-likeness (QED) is 0.751. The van der Waals surface area contributed by atoms with Gasteiger partial charge in [0.2, 0.25) is 0 Å². The van der Waals surface area contributed by atoms with Crippen LogP contribution in [0.5, 0.6) is 0 Å². The van der Waals surface area contributed by atoms with E-state index in [1.165, 1.54) is 5.56 Å². The maximum Gasteiger partial charge on any atom is 0.134 e. The van der Waals surface area contributed by atoms with Crippen LogP contribution in [0, 0.1) is 0 Å². The molecule has 2 aromatic heterocycles. The van der Waals surface area contributed by atoms with Crippen molar-refractivity contribution in [3.8, 4) is 11.3 Å². The van der Waals surface area contributed by atoms with E-state index in [2.05, 4.69) is 16.4 Å². The Morgan fingerprint density at radius 1 is 0.905 bits per heavy atom. The lowest BCUT2D eigenvalue weighted by atomic mass is 10.2. The van der Waals surface area contributed by atoms with Crippen molar-refractivity contribution in [2.24, 2.45) is 0 Å². The Balaban J connectivity index is 0.00000161. The molecule has 0 amide bonds. The van der Waals surface area contributed by atoms with Crippen molar-refractivity contribution in [2.75, 3.05) is 0 Å². The van der Waals surface area contributed by atoms with Gasteiger partial charge in [-0.1, -0.05) is 36.4 Å². The highest BCUT2D eigenvalue weighted by atomic mass is 35.5. The molecular formula is C17H16ClN2O-. The first-order valence-electron chi connectivity index (χ1n) is 6.65. The van der Waals surface area contributed by atoms with Gasteiger partial charge >= 0.3 is 0 Å². The molecule has 0 aliphatic heterocycles. The Hall–Kier alpha value is -2.10. The molecule has 3 nitrogen and oxygen atoms in total. The third-order valence-electron chi connectivity index (χ3n) is 3.07. The van der Waals surface area contributed by atoms with Crippen molar-refractivity contribution < 1.29 is 16.8 Å². The van der Waals surface area contributed by atoms with Crippen LogP contribution in [0.25, 0.3) is 11.3 Å². The minimum absolute atomic E-state index is 0. The lowest BCUT2D eigenvalue weighted by Gasteiger charge is -2.02. The molecule has 1 N–H and O–H groups in total. The topological polar surface area (TPSA) is 38.1 Å². The molecule has 0 saturated carbocycles.